The van der Waals surface area contributed by atoms with Gasteiger partial charge >= 0.3 is 0 Å². The van der Waals surface area contributed by atoms with Gasteiger partial charge in [0.15, 0.2) is 0 Å². The minimum Gasteiger partial charge on any atom is -0.377 e. The van der Waals surface area contributed by atoms with E-state index < -0.39 is 0 Å². The van der Waals surface area contributed by atoms with Gasteiger partial charge in [0.25, 0.3) is 0 Å². The number of amides is 1. The quantitative estimate of drug-likeness (QED) is 0.807. The summed E-state index contributed by atoms with van der Waals surface area (Å²) in [6.45, 7) is 8.69. The fourth-order valence-corrected chi connectivity index (χ4v) is 2.29. The number of anilines is 2. The first kappa shape index (κ1) is 12.0. The van der Waals surface area contributed by atoms with Gasteiger partial charge in [0, 0.05) is 19.0 Å². The number of benzene rings is 1. The molecule has 3 nitrogen and oxygen atoms in total. The number of hydrogen-bond acceptors (Lipinski definition) is 2. The minimum absolute atomic E-state index is 0.0770. The van der Waals surface area contributed by atoms with Gasteiger partial charge in [-0.3, -0.25) is 4.79 Å². The van der Waals surface area contributed by atoms with Gasteiger partial charge in [-0.05, 0) is 38.0 Å². The van der Waals surface area contributed by atoms with Crippen molar-refractivity contribution >= 4 is 17.3 Å². The Morgan fingerprint density at radius 3 is 2.76 bits per heavy atom. The van der Waals surface area contributed by atoms with Crippen LogP contribution in [0.4, 0.5) is 11.4 Å². The molecule has 1 amide bonds. The van der Waals surface area contributed by atoms with Crippen molar-refractivity contribution in [3.8, 4) is 0 Å². The maximum absolute atomic E-state index is 11.7. The lowest BCUT2D eigenvalue weighted by Gasteiger charge is -2.40. The molecular formula is C14H20N2O. The summed E-state index contributed by atoms with van der Waals surface area (Å²) in [4.78, 5) is 13.6. The Bertz CT molecular complexity index is 452. The molecule has 1 aliphatic heterocycles. The number of carbonyl (C=O) groups excluding carboxylic acids is 1. The van der Waals surface area contributed by atoms with Gasteiger partial charge in [0.2, 0.25) is 5.91 Å². The minimum atomic E-state index is -0.0770. The summed E-state index contributed by atoms with van der Waals surface area (Å²) in [5, 5.41) is 3.48. The van der Waals surface area contributed by atoms with Crippen molar-refractivity contribution < 1.29 is 4.79 Å². The van der Waals surface area contributed by atoms with Crippen LogP contribution >= 0.6 is 0 Å². The fourth-order valence-electron chi connectivity index (χ4n) is 2.29. The second-order valence-corrected chi connectivity index (χ2v) is 5.32. The van der Waals surface area contributed by atoms with Crippen molar-refractivity contribution in [2.24, 2.45) is 0 Å². The molecule has 0 saturated heterocycles. The topological polar surface area (TPSA) is 32.3 Å². The third-order valence-electron chi connectivity index (χ3n) is 3.17. The summed E-state index contributed by atoms with van der Waals surface area (Å²) < 4.78 is 0. The molecule has 0 atom stereocenters. The van der Waals surface area contributed by atoms with E-state index in [0.29, 0.717) is 6.54 Å². The van der Waals surface area contributed by atoms with Gasteiger partial charge in [0.05, 0.1) is 11.4 Å². The van der Waals surface area contributed by atoms with E-state index in [9.17, 15) is 4.79 Å². The molecule has 0 spiro atoms. The van der Waals surface area contributed by atoms with Crippen LogP contribution in [-0.4, -0.2) is 18.0 Å². The predicted molar refractivity (Wildman–Crippen MR) is 71.5 cm³/mol. The highest BCUT2D eigenvalue weighted by Gasteiger charge is 2.31. The second kappa shape index (κ2) is 4.06. The van der Waals surface area contributed by atoms with Gasteiger partial charge in [-0.25, -0.2) is 0 Å². The van der Waals surface area contributed by atoms with E-state index in [-0.39, 0.29) is 11.4 Å². The molecule has 1 N–H and O–H groups in total. The van der Waals surface area contributed by atoms with E-state index >= 15 is 0 Å². The summed E-state index contributed by atoms with van der Waals surface area (Å²) in [6.07, 6.45) is 0.989. The van der Waals surface area contributed by atoms with Crippen LogP contribution in [0.1, 0.15) is 33.3 Å². The normalized spacial score (nSPS) is 17.3. The van der Waals surface area contributed by atoms with Gasteiger partial charge in [0.1, 0.15) is 0 Å². The second-order valence-electron chi connectivity index (χ2n) is 5.32. The molecular weight excluding hydrogens is 212 g/mol. The summed E-state index contributed by atoms with van der Waals surface area (Å²) in [6, 6.07) is 6.30. The van der Waals surface area contributed by atoms with Crippen molar-refractivity contribution in [3.63, 3.8) is 0 Å². The Labute approximate surface area is 103 Å². The van der Waals surface area contributed by atoms with Crippen LogP contribution in [0.5, 0.6) is 0 Å². The molecule has 1 aromatic carbocycles. The first-order valence-electron chi connectivity index (χ1n) is 6.12. The van der Waals surface area contributed by atoms with E-state index in [4.69, 9.17) is 0 Å². The number of nitrogens with zero attached hydrogens (tertiary/aromatic N) is 1. The van der Waals surface area contributed by atoms with Crippen LogP contribution in [0.25, 0.3) is 0 Å². The zero-order valence-electron chi connectivity index (χ0n) is 11.0. The summed E-state index contributed by atoms with van der Waals surface area (Å²) in [7, 11) is 0. The Morgan fingerprint density at radius 1 is 1.47 bits per heavy atom. The summed E-state index contributed by atoms with van der Waals surface area (Å²) in [5.74, 6) is 0.106. The van der Waals surface area contributed by atoms with Crippen LogP contribution in [-0.2, 0) is 11.2 Å². The first-order chi connectivity index (χ1) is 7.93. The lowest BCUT2D eigenvalue weighted by molar-refractivity contribution is -0.116. The van der Waals surface area contributed by atoms with Crippen LogP contribution in [0.3, 0.4) is 0 Å². The molecule has 1 aliphatic rings. The molecule has 0 radical (unpaired) electrons. The van der Waals surface area contributed by atoms with Crippen LogP contribution < -0.4 is 10.2 Å². The zero-order valence-corrected chi connectivity index (χ0v) is 11.0. The smallest absolute Gasteiger partial charge is 0.224 e. The molecule has 0 unspecified atom stereocenters. The van der Waals surface area contributed by atoms with Crippen molar-refractivity contribution in [2.45, 2.75) is 39.7 Å². The number of aryl methyl sites for hydroxylation is 1. The van der Waals surface area contributed by atoms with Gasteiger partial charge in [-0.15, -0.1) is 0 Å². The number of nitrogens with one attached hydrogen (secondary N) is 1. The highest BCUT2D eigenvalue weighted by Crippen LogP contribution is 2.35. The van der Waals surface area contributed by atoms with E-state index in [0.717, 1.165) is 17.8 Å². The SMILES string of the molecule is CCc1ccc2c(c1)N(C(C)=O)CC(C)(C)N2. The lowest BCUT2D eigenvalue weighted by atomic mass is 9.98. The zero-order chi connectivity index (χ0) is 12.6. The number of carbonyl (C=O) groups is 1. The number of rotatable bonds is 1. The average Bonchev–Trinajstić information content (AvgIpc) is 2.26. The largest absolute Gasteiger partial charge is 0.377 e. The third kappa shape index (κ3) is 2.28. The standard InChI is InChI=1S/C14H20N2O/c1-5-11-6-7-12-13(8-11)16(10(2)17)9-14(3,4)15-12/h6-8,15H,5,9H2,1-4H3. The first-order valence-corrected chi connectivity index (χ1v) is 6.12. The number of fused-ring (bicyclic) bond motifs is 1. The Hall–Kier alpha value is -1.51. The average molecular weight is 232 g/mol. The molecule has 1 heterocycles. The Kier molecular flexibility index (Phi) is 2.86. The van der Waals surface area contributed by atoms with Crippen LogP contribution in [0.15, 0.2) is 18.2 Å². The monoisotopic (exact) mass is 232 g/mol. The van der Waals surface area contributed by atoms with Crippen molar-refractivity contribution in [3.05, 3.63) is 23.8 Å². The molecule has 17 heavy (non-hydrogen) atoms. The maximum Gasteiger partial charge on any atom is 0.224 e. The van der Waals surface area contributed by atoms with E-state index in [1.165, 1.54) is 5.56 Å². The Morgan fingerprint density at radius 2 is 2.18 bits per heavy atom. The number of hydrogen-bond donors (Lipinski definition) is 1. The lowest BCUT2D eigenvalue weighted by Crippen LogP contribution is -2.50. The molecule has 0 aliphatic carbocycles. The molecule has 0 saturated carbocycles. The van der Waals surface area contributed by atoms with Crippen molar-refractivity contribution in [1.82, 2.24) is 0 Å². The maximum atomic E-state index is 11.7. The highest BCUT2D eigenvalue weighted by atomic mass is 16.2. The molecule has 0 aromatic heterocycles. The molecule has 2 rings (SSSR count). The molecule has 0 fully saturated rings. The van der Waals surface area contributed by atoms with Gasteiger partial charge in [-0.2, -0.15) is 0 Å². The summed E-state index contributed by atoms with van der Waals surface area (Å²) in [5.41, 5.74) is 3.24. The van der Waals surface area contributed by atoms with Gasteiger partial charge < -0.3 is 10.2 Å². The van der Waals surface area contributed by atoms with Crippen LogP contribution in [0, 0.1) is 0 Å². The molecule has 3 heteroatoms. The van der Waals surface area contributed by atoms with Crippen molar-refractivity contribution in [1.29, 1.82) is 0 Å². The molecule has 1 aromatic rings. The molecule has 0 bridgehead atoms. The van der Waals surface area contributed by atoms with E-state index in [1.54, 1.807) is 6.92 Å². The van der Waals surface area contributed by atoms with Crippen molar-refractivity contribution in [2.75, 3.05) is 16.8 Å². The van der Waals surface area contributed by atoms with Gasteiger partial charge in [-0.1, -0.05) is 13.0 Å². The van der Waals surface area contributed by atoms with E-state index in [1.807, 2.05) is 4.90 Å². The third-order valence-corrected chi connectivity index (χ3v) is 3.17. The predicted octanol–water partition coefficient (Wildman–Crippen LogP) is 2.81. The fraction of sp³-hybridized carbons (Fsp3) is 0.500. The van der Waals surface area contributed by atoms with Crippen LogP contribution in [0.2, 0.25) is 0 Å². The molecule has 92 valence electrons. The Balaban J connectivity index is 2.49. The highest BCUT2D eigenvalue weighted by molar-refractivity contribution is 5.96. The summed E-state index contributed by atoms with van der Waals surface area (Å²) >= 11 is 0. The van der Waals surface area contributed by atoms with E-state index in [2.05, 4.69) is 44.3 Å².